The highest BCUT2D eigenvalue weighted by atomic mass is 35.7. The van der Waals surface area contributed by atoms with Crippen LogP contribution in [0.15, 0.2) is 48.5 Å². The van der Waals surface area contributed by atoms with Gasteiger partial charge >= 0.3 is 5.84 Å². The fourth-order valence-corrected chi connectivity index (χ4v) is 3.98. The number of hydrogen-bond acceptors (Lipinski definition) is 3. The molecule has 0 aromatic heterocycles. The highest BCUT2D eigenvalue weighted by Crippen LogP contribution is 2.53. The molecule has 2 aromatic carbocycles. The maximum Gasteiger partial charge on any atom is 0.384 e. The molecule has 0 saturated heterocycles. The van der Waals surface area contributed by atoms with E-state index in [0.29, 0.717) is 11.5 Å². The molecular weight excluding hydrogens is 440 g/mol. The number of halogens is 5. The minimum absolute atomic E-state index is 0.472. The SMILES string of the molecule is S=P(Cl)(Oc1ccc(C(Cl)Cl)cc1)Oc1ccc(C(Cl)Cl)cc1. The van der Waals surface area contributed by atoms with Gasteiger partial charge in [-0.05, 0) is 46.6 Å². The highest BCUT2D eigenvalue weighted by Gasteiger charge is 2.19. The van der Waals surface area contributed by atoms with Crippen LogP contribution in [0.4, 0.5) is 0 Å². The Morgan fingerprint density at radius 2 is 1.00 bits per heavy atom. The normalized spacial score (nSPS) is 11.8. The van der Waals surface area contributed by atoms with Crippen LogP contribution in [0.1, 0.15) is 20.8 Å². The molecule has 0 atom stereocenters. The van der Waals surface area contributed by atoms with Gasteiger partial charge in [-0.3, -0.25) is 0 Å². The van der Waals surface area contributed by atoms with Crippen LogP contribution < -0.4 is 9.05 Å². The lowest BCUT2D eigenvalue weighted by atomic mass is 10.2. The van der Waals surface area contributed by atoms with Crippen molar-refractivity contribution >= 4 is 75.3 Å². The Bertz CT molecular complexity index is 634. The zero-order valence-electron chi connectivity index (χ0n) is 11.3. The predicted molar refractivity (Wildman–Crippen MR) is 103 cm³/mol. The third-order valence-corrected chi connectivity index (χ3v) is 5.42. The molecule has 0 aliphatic rings. The average molecular weight is 451 g/mol. The van der Waals surface area contributed by atoms with E-state index in [4.69, 9.17) is 78.5 Å². The van der Waals surface area contributed by atoms with Crippen LogP contribution in [-0.2, 0) is 11.8 Å². The first-order valence-corrected chi connectivity index (χ1v) is 11.5. The van der Waals surface area contributed by atoms with E-state index in [1.54, 1.807) is 48.5 Å². The minimum atomic E-state index is -3.04. The second-order valence-corrected chi connectivity index (χ2v) is 11.2. The Hall–Kier alpha value is 0.140. The molecule has 0 aliphatic carbocycles. The molecule has 0 aliphatic heterocycles. The van der Waals surface area contributed by atoms with Crippen molar-refractivity contribution in [2.24, 2.45) is 0 Å². The molecular formula is C14H10Cl5O2PS. The van der Waals surface area contributed by atoms with Gasteiger partial charge in [0.15, 0.2) is 0 Å². The van der Waals surface area contributed by atoms with Crippen LogP contribution in [0.5, 0.6) is 11.5 Å². The molecule has 2 rings (SSSR count). The highest BCUT2D eigenvalue weighted by molar-refractivity contribution is 8.22. The Labute approximate surface area is 164 Å². The van der Waals surface area contributed by atoms with Crippen LogP contribution in [0, 0.1) is 0 Å². The van der Waals surface area contributed by atoms with E-state index >= 15 is 0 Å². The van der Waals surface area contributed by atoms with E-state index in [9.17, 15) is 0 Å². The largest absolute Gasteiger partial charge is 0.425 e. The zero-order valence-corrected chi connectivity index (χ0v) is 16.8. The molecule has 2 nitrogen and oxygen atoms in total. The molecule has 23 heavy (non-hydrogen) atoms. The lowest BCUT2D eigenvalue weighted by molar-refractivity contribution is 0.505. The van der Waals surface area contributed by atoms with Gasteiger partial charge in [0.25, 0.3) is 0 Å². The summed E-state index contributed by atoms with van der Waals surface area (Å²) in [5.41, 5.74) is 1.49. The fourth-order valence-electron chi connectivity index (χ4n) is 1.62. The van der Waals surface area contributed by atoms with Crippen LogP contribution in [0.3, 0.4) is 0 Å². The number of alkyl halides is 4. The Morgan fingerprint density at radius 3 is 1.26 bits per heavy atom. The molecule has 9 heteroatoms. The van der Waals surface area contributed by atoms with Crippen molar-refractivity contribution in [3.63, 3.8) is 0 Å². The molecule has 124 valence electrons. The van der Waals surface area contributed by atoms with E-state index in [0.717, 1.165) is 11.1 Å². The standard InChI is InChI=1S/C14H10Cl5O2PS/c15-13(16)9-1-5-11(6-2-9)20-22(19,23)21-12-7-3-10(4-8-12)14(17)18/h1-8,13-14H. The summed E-state index contributed by atoms with van der Waals surface area (Å²) in [6.07, 6.45) is 0. The number of benzene rings is 2. The molecule has 0 fully saturated rings. The molecule has 0 spiro atoms. The first kappa shape index (κ1) is 19.5. The van der Waals surface area contributed by atoms with Crippen molar-refractivity contribution in [1.29, 1.82) is 0 Å². The van der Waals surface area contributed by atoms with Crippen molar-refractivity contribution in [3.05, 3.63) is 59.7 Å². The topological polar surface area (TPSA) is 18.5 Å². The molecule has 0 radical (unpaired) electrons. The van der Waals surface area contributed by atoms with Gasteiger partial charge in [-0.1, -0.05) is 24.3 Å². The Kier molecular flexibility index (Phi) is 7.18. The van der Waals surface area contributed by atoms with Gasteiger partial charge in [0, 0.05) is 11.8 Å². The lowest BCUT2D eigenvalue weighted by Crippen LogP contribution is -1.95. The third-order valence-electron chi connectivity index (χ3n) is 2.69. The van der Waals surface area contributed by atoms with E-state index < -0.39 is 15.5 Å². The van der Waals surface area contributed by atoms with Gasteiger partial charge < -0.3 is 9.05 Å². The second kappa shape index (κ2) is 8.49. The molecule has 2 aromatic rings. The smallest absolute Gasteiger partial charge is 0.384 e. The van der Waals surface area contributed by atoms with E-state index in [1.807, 2.05) is 0 Å². The lowest BCUT2D eigenvalue weighted by Gasteiger charge is -2.17. The predicted octanol–water partition coefficient (Wildman–Crippen LogP) is 7.56. The maximum absolute atomic E-state index is 6.19. The number of hydrogen-bond donors (Lipinski definition) is 0. The van der Waals surface area contributed by atoms with E-state index in [-0.39, 0.29) is 0 Å². The first-order chi connectivity index (χ1) is 10.8. The molecule has 0 bridgehead atoms. The van der Waals surface area contributed by atoms with Crippen LogP contribution in [-0.4, -0.2) is 0 Å². The summed E-state index contributed by atoms with van der Waals surface area (Å²) < 4.78 is 11.1. The van der Waals surface area contributed by atoms with Gasteiger partial charge in [-0.15, -0.1) is 46.4 Å². The summed E-state index contributed by atoms with van der Waals surface area (Å²) in [5.74, 6) is -2.10. The first-order valence-electron chi connectivity index (χ1n) is 6.22. The zero-order chi connectivity index (χ0) is 17.0. The molecule has 0 N–H and O–H groups in total. The number of rotatable bonds is 6. The molecule has 0 heterocycles. The van der Waals surface area contributed by atoms with Crippen LogP contribution in [0.25, 0.3) is 0 Å². The fraction of sp³-hybridized carbons (Fsp3) is 0.143. The summed E-state index contributed by atoms with van der Waals surface area (Å²) in [6.45, 7) is 0. The van der Waals surface area contributed by atoms with Crippen molar-refractivity contribution in [2.75, 3.05) is 0 Å². The van der Waals surface area contributed by atoms with Crippen molar-refractivity contribution in [3.8, 4) is 11.5 Å². The summed E-state index contributed by atoms with van der Waals surface area (Å²) in [6, 6.07) is 13.6. The monoisotopic (exact) mass is 448 g/mol. The minimum Gasteiger partial charge on any atom is -0.425 e. The molecule has 0 saturated carbocycles. The van der Waals surface area contributed by atoms with Gasteiger partial charge in [0.1, 0.15) is 21.2 Å². The van der Waals surface area contributed by atoms with Crippen molar-refractivity contribution in [2.45, 2.75) is 9.67 Å². The second-order valence-electron chi connectivity index (χ2n) is 4.35. The van der Waals surface area contributed by atoms with Gasteiger partial charge in [-0.25, -0.2) is 0 Å². The molecule has 0 unspecified atom stereocenters. The summed E-state index contributed by atoms with van der Waals surface area (Å²) in [5, 5.41) is 0. The van der Waals surface area contributed by atoms with Gasteiger partial charge in [0.2, 0.25) is 0 Å². The van der Waals surface area contributed by atoms with Gasteiger partial charge in [-0.2, -0.15) is 0 Å². The van der Waals surface area contributed by atoms with Crippen LogP contribution in [0.2, 0.25) is 0 Å². The Morgan fingerprint density at radius 1 is 0.696 bits per heavy atom. The third kappa shape index (κ3) is 6.17. The maximum atomic E-state index is 6.19. The Balaban J connectivity index is 2.05. The summed E-state index contributed by atoms with van der Waals surface area (Å²) in [7, 11) is 0. The van der Waals surface area contributed by atoms with Crippen molar-refractivity contribution in [1.82, 2.24) is 0 Å². The van der Waals surface area contributed by atoms with Crippen molar-refractivity contribution < 1.29 is 9.05 Å². The van der Waals surface area contributed by atoms with Gasteiger partial charge in [0.05, 0.1) is 0 Å². The molecule has 0 amide bonds. The van der Waals surface area contributed by atoms with E-state index in [2.05, 4.69) is 0 Å². The quantitative estimate of drug-likeness (QED) is 0.334. The summed E-state index contributed by atoms with van der Waals surface area (Å²) in [4.78, 5) is -1.21. The van der Waals surface area contributed by atoms with Crippen LogP contribution >= 0.6 is 63.5 Å². The average Bonchev–Trinajstić information content (AvgIpc) is 2.47. The van der Waals surface area contributed by atoms with E-state index in [1.165, 1.54) is 0 Å². The summed E-state index contributed by atoms with van der Waals surface area (Å²) >= 11 is 34.5.